The molecule has 1 heterocycles. The molecule has 0 fully saturated rings. The van der Waals surface area contributed by atoms with Crippen LogP contribution in [0.5, 0.6) is 0 Å². The molecule has 0 aromatic heterocycles. The maximum absolute atomic E-state index is 11.7. The number of hydrogen-bond donors (Lipinski definition) is 2. The zero-order valence-corrected chi connectivity index (χ0v) is 9.25. The molecule has 0 aliphatic carbocycles. The number of benzene rings is 1. The largest absolute Gasteiger partial charge is 0.384 e. The fourth-order valence-corrected chi connectivity index (χ4v) is 1.82. The van der Waals surface area contributed by atoms with E-state index in [0.29, 0.717) is 6.54 Å². The Hall–Kier alpha value is -1.77. The molecule has 16 heavy (non-hydrogen) atoms. The smallest absolute Gasteiger partial charge is 0.251 e. The van der Waals surface area contributed by atoms with Crippen LogP contribution in [0.2, 0.25) is 0 Å². The van der Waals surface area contributed by atoms with Crippen LogP contribution in [0.25, 0.3) is 0 Å². The quantitative estimate of drug-likeness (QED) is 0.596. The summed E-state index contributed by atoms with van der Waals surface area (Å²) in [4.78, 5) is 11.7. The molecule has 1 amide bonds. The minimum absolute atomic E-state index is 0.0154. The molecule has 3 heteroatoms. The van der Waals surface area contributed by atoms with Crippen molar-refractivity contribution in [2.45, 2.75) is 12.8 Å². The molecule has 2 N–H and O–H groups in total. The van der Waals surface area contributed by atoms with Gasteiger partial charge in [0, 0.05) is 24.3 Å². The monoisotopic (exact) mass is 216 g/mol. The summed E-state index contributed by atoms with van der Waals surface area (Å²) in [5, 5.41) is 6.12. The molecule has 0 saturated carbocycles. The van der Waals surface area contributed by atoms with Crippen LogP contribution in [0.1, 0.15) is 22.3 Å². The number of fused-ring (bicyclic) bond motifs is 1. The predicted octanol–water partition coefficient (Wildman–Crippen LogP) is 1.96. The Balaban J connectivity index is 2.03. The lowest BCUT2D eigenvalue weighted by molar-refractivity contribution is 0.0954. The maximum Gasteiger partial charge on any atom is 0.251 e. The third kappa shape index (κ3) is 2.24. The predicted molar refractivity (Wildman–Crippen MR) is 65.8 cm³/mol. The SMILES string of the molecule is C=CCCNC(=O)c1ccc2c(c1)NCC2. The van der Waals surface area contributed by atoms with Crippen LogP contribution >= 0.6 is 0 Å². The van der Waals surface area contributed by atoms with Crippen molar-refractivity contribution in [1.82, 2.24) is 5.32 Å². The second kappa shape index (κ2) is 4.84. The zero-order valence-electron chi connectivity index (χ0n) is 9.25. The number of anilines is 1. The Kier molecular flexibility index (Phi) is 3.25. The second-order valence-corrected chi connectivity index (χ2v) is 3.88. The fraction of sp³-hybridized carbons (Fsp3) is 0.308. The zero-order chi connectivity index (χ0) is 11.4. The Labute approximate surface area is 95.6 Å². The van der Waals surface area contributed by atoms with E-state index in [9.17, 15) is 4.79 Å². The van der Waals surface area contributed by atoms with Crippen LogP contribution in [0.3, 0.4) is 0 Å². The lowest BCUT2D eigenvalue weighted by Gasteiger charge is -2.05. The first-order valence-electron chi connectivity index (χ1n) is 5.57. The normalized spacial score (nSPS) is 12.8. The third-order valence-corrected chi connectivity index (χ3v) is 2.72. The van der Waals surface area contributed by atoms with Crippen molar-refractivity contribution < 1.29 is 4.79 Å². The van der Waals surface area contributed by atoms with Gasteiger partial charge in [-0.25, -0.2) is 0 Å². The summed E-state index contributed by atoms with van der Waals surface area (Å²) in [7, 11) is 0. The van der Waals surface area contributed by atoms with Crippen molar-refractivity contribution >= 4 is 11.6 Å². The molecule has 1 aliphatic heterocycles. The van der Waals surface area contributed by atoms with Gasteiger partial charge in [0.05, 0.1) is 0 Å². The van der Waals surface area contributed by atoms with E-state index >= 15 is 0 Å². The summed E-state index contributed by atoms with van der Waals surface area (Å²) in [5.41, 5.74) is 3.11. The average molecular weight is 216 g/mol. The Bertz CT molecular complexity index is 412. The van der Waals surface area contributed by atoms with Crippen LogP contribution in [0.4, 0.5) is 5.69 Å². The fourth-order valence-electron chi connectivity index (χ4n) is 1.82. The molecule has 1 aromatic rings. The molecule has 84 valence electrons. The van der Waals surface area contributed by atoms with Crippen molar-refractivity contribution in [3.8, 4) is 0 Å². The minimum Gasteiger partial charge on any atom is -0.384 e. The van der Waals surface area contributed by atoms with Gasteiger partial charge in [-0.3, -0.25) is 4.79 Å². The van der Waals surface area contributed by atoms with Gasteiger partial charge in [0.15, 0.2) is 0 Å². The number of amides is 1. The van der Waals surface area contributed by atoms with Crippen molar-refractivity contribution in [2.24, 2.45) is 0 Å². The van der Waals surface area contributed by atoms with Crippen molar-refractivity contribution in [1.29, 1.82) is 0 Å². The summed E-state index contributed by atoms with van der Waals surface area (Å²) < 4.78 is 0. The van der Waals surface area contributed by atoms with Crippen LogP contribution < -0.4 is 10.6 Å². The van der Waals surface area contributed by atoms with Gasteiger partial charge >= 0.3 is 0 Å². The molecule has 0 saturated heterocycles. The Morgan fingerprint density at radius 2 is 2.44 bits per heavy atom. The molecule has 0 atom stereocenters. The highest BCUT2D eigenvalue weighted by Crippen LogP contribution is 2.22. The van der Waals surface area contributed by atoms with Crippen LogP contribution in [0, 0.1) is 0 Å². The first-order valence-corrected chi connectivity index (χ1v) is 5.57. The molecular formula is C13H16N2O. The molecule has 0 bridgehead atoms. The first-order chi connectivity index (χ1) is 7.81. The Morgan fingerprint density at radius 1 is 1.56 bits per heavy atom. The Morgan fingerprint density at radius 3 is 3.25 bits per heavy atom. The molecule has 0 radical (unpaired) electrons. The summed E-state index contributed by atoms with van der Waals surface area (Å²) >= 11 is 0. The van der Waals surface area contributed by atoms with E-state index in [1.54, 1.807) is 6.08 Å². The van der Waals surface area contributed by atoms with Crippen molar-refractivity contribution in [3.05, 3.63) is 42.0 Å². The maximum atomic E-state index is 11.7. The summed E-state index contributed by atoms with van der Waals surface area (Å²) in [6.45, 7) is 5.23. The number of nitrogens with one attached hydrogen (secondary N) is 2. The van der Waals surface area contributed by atoms with Crippen LogP contribution in [0.15, 0.2) is 30.9 Å². The van der Waals surface area contributed by atoms with E-state index in [0.717, 1.165) is 30.6 Å². The van der Waals surface area contributed by atoms with E-state index in [-0.39, 0.29) is 5.91 Å². The molecule has 0 unspecified atom stereocenters. The topological polar surface area (TPSA) is 41.1 Å². The molecule has 0 spiro atoms. The molecule has 1 aromatic carbocycles. The lowest BCUT2D eigenvalue weighted by Crippen LogP contribution is -2.24. The lowest BCUT2D eigenvalue weighted by atomic mass is 10.1. The molecule has 2 rings (SSSR count). The highest BCUT2D eigenvalue weighted by molar-refractivity contribution is 5.95. The number of carbonyl (C=O) groups excluding carboxylic acids is 1. The number of carbonyl (C=O) groups is 1. The van der Waals surface area contributed by atoms with Gasteiger partial charge in [-0.1, -0.05) is 12.1 Å². The second-order valence-electron chi connectivity index (χ2n) is 3.88. The van der Waals surface area contributed by atoms with Crippen molar-refractivity contribution in [3.63, 3.8) is 0 Å². The van der Waals surface area contributed by atoms with Crippen LogP contribution in [-0.4, -0.2) is 19.0 Å². The van der Waals surface area contributed by atoms with E-state index < -0.39 is 0 Å². The number of rotatable bonds is 4. The van der Waals surface area contributed by atoms with E-state index in [1.165, 1.54) is 5.56 Å². The highest BCUT2D eigenvalue weighted by Gasteiger charge is 2.12. The third-order valence-electron chi connectivity index (χ3n) is 2.72. The van der Waals surface area contributed by atoms with E-state index in [2.05, 4.69) is 17.2 Å². The molecular weight excluding hydrogens is 200 g/mol. The van der Waals surface area contributed by atoms with Gasteiger partial charge in [-0.2, -0.15) is 0 Å². The van der Waals surface area contributed by atoms with Gasteiger partial charge in [0.25, 0.3) is 5.91 Å². The number of hydrogen-bond acceptors (Lipinski definition) is 2. The minimum atomic E-state index is -0.0154. The summed E-state index contributed by atoms with van der Waals surface area (Å²) in [5.74, 6) is -0.0154. The van der Waals surface area contributed by atoms with E-state index in [1.807, 2.05) is 18.2 Å². The first kappa shape index (κ1) is 10.7. The average Bonchev–Trinajstić information content (AvgIpc) is 2.76. The van der Waals surface area contributed by atoms with E-state index in [4.69, 9.17) is 0 Å². The standard InChI is InChI=1S/C13H16N2O/c1-2-3-7-15-13(16)11-5-4-10-6-8-14-12(10)9-11/h2,4-5,9,14H,1,3,6-8H2,(H,15,16). The summed E-state index contributed by atoms with van der Waals surface area (Å²) in [6.07, 6.45) is 3.65. The highest BCUT2D eigenvalue weighted by atomic mass is 16.1. The van der Waals surface area contributed by atoms with Crippen LogP contribution in [-0.2, 0) is 6.42 Å². The van der Waals surface area contributed by atoms with Gasteiger partial charge in [0.2, 0.25) is 0 Å². The van der Waals surface area contributed by atoms with Gasteiger partial charge in [0.1, 0.15) is 0 Å². The van der Waals surface area contributed by atoms with Gasteiger partial charge in [-0.15, -0.1) is 6.58 Å². The molecule has 3 nitrogen and oxygen atoms in total. The molecule has 1 aliphatic rings. The van der Waals surface area contributed by atoms with Gasteiger partial charge < -0.3 is 10.6 Å². The van der Waals surface area contributed by atoms with Crippen molar-refractivity contribution in [2.75, 3.05) is 18.4 Å². The summed E-state index contributed by atoms with van der Waals surface area (Å²) in [6, 6.07) is 5.83. The van der Waals surface area contributed by atoms with Gasteiger partial charge in [-0.05, 0) is 30.5 Å².